The molecule has 0 aromatic heterocycles. The Morgan fingerprint density at radius 3 is 2.75 bits per heavy atom. The van der Waals surface area contributed by atoms with Gasteiger partial charge in [-0.05, 0) is 71.2 Å². The van der Waals surface area contributed by atoms with Crippen LogP contribution in [0.2, 0.25) is 0 Å². The van der Waals surface area contributed by atoms with Crippen LogP contribution in [0.25, 0.3) is 0 Å². The second kappa shape index (κ2) is 11.8. The summed E-state index contributed by atoms with van der Waals surface area (Å²) in [6.45, 7) is 9.33. The van der Waals surface area contributed by atoms with Crippen LogP contribution in [0.15, 0.2) is 4.99 Å². The molecule has 6 heteroatoms. The van der Waals surface area contributed by atoms with Crippen molar-refractivity contribution in [2.45, 2.75) is 69.6 Å². The first-order valence-corrected chi connectivity index (χ1v) is 10.4. The Morgan fingerprint density at radius 1 is 1.25 bits per heavy atom. The van der Waals surface area contributed by atoms with E-state index in [0.29, 0.717) is 4.75 Å². The second-order valence-corrected chi connectivity index (χ2v) is 9.02. The molecule has 2 saturated heterocycles. The largest absolute Gasteiger partial charge is 0.356 e. The second-order valence-electron chi connectivity index (χ2n) is 7.34. The minimum atomic E-state index is 0. The highest BCUT2D eigenvalue weighted by molar-refractivity contribution is 14.0. The minimum absolute atomic E-state index is 0. The molecule has 0 aromatic rings. The van der Waals surface area contributed by atoms with Gasteiger partial charge >= 0.3 is 0 Å². The van der Waals surface area contributed by atoms with Crippen molar-refractivity contribution in [1.29, 1.82) is 0 Å². The number of piperidine rings is 1. The van der Waals surface area contributed by atoms with E-state index in [9.17, 15) is 0 Å². The SMILES string of the molecule is CN=C(NCCCCN1CCCCC1C)NCC1(C)CCCS1.I. The zero-order chi connectivity index (χ0) is 16.5. The fourth-order valence-corrected chi connectivity index (χ4v) is 4.85. The Balaban J connectivity index is 0.00000288. The average Bonchev–Trinajstić information content (AvgIpc) is 2.98. The Kier molecular flexibility index (Phi) is 11.0. The van der Waals surface area contributed by atoms with Gasteiger partial charge in [-0.3, -0.25) is 4.99 Å². The summed E-state index contributed by atoms with van der Waals surface area (Å²) in [6, 6.07) is 0.788. The highest BCUT2D eigenvalue weighted by Crippen LogP contribution is 2.36. The lowest BCUT2D eigenvalue weighted by molar-refractivity contribution is 0.158. The van der Waals surface area contributed by atoms with Crippen molar-refractivity contribution in [3.63, 3.8) is 0 Å². The number of guanidine groups is 1. The maximum absolute atomic E-state index is 4.35. The molecule has 2 rings (SSSR count). The lowest BCUT2D eigenvalue weighted by atomic mass is 10.0. The molecule has 0 spiro atoms. The molecule has 2 aliphatic heterocycles. The maximum Gasteiger partial charge on any atom is 0.191 e. The predicted octanol–water partition coefficient (Wildman–Crippen LogP) is 3.71. The number of halogens is 1. The zero-order valence-corrected chi connectivity index (χ0v) is 18.9. The number of hydrogen-bond donors (Lipinski definition) is 2. The number of unbranched alkanes of at least 4 members (excludes halogenated alkanes) is 1. The third kappa shape index (κ3) is 7.68. The van der Waals surface area contributed by atoms with Crippen LogP contribution >= 0.6 is 35.7 Å². The minimum Gasteiger partial charge on any atom is -0.356 e. The van der Waals surface area contributed by atoms with Crippen LogP contribution in [0, 0.1) is 0 Å². The number of nitrogens with zero attached hydrogens (tertiary/aromatic N) is 2. The van der Waals surface area contributed by atoms with Gasteiger partial charge in [0.15, 0.2) is 5.96 Å². The Bertz CT molecular complexity index is 372. The van der Waals surface area contributed by atoms with E-state index >= 15 is 0 Å². The van der Waals surface area contributed by atoms with Crippen LogP contribution in [-0.2, 0) is 0 Å². The normalized spacial score (nSPS) is 28.5. The van der Waals surface area contributed by atoms with Crippen molar-refractivity contribution < 1.29 is 0 Å². The van der Waals surface area contributed by atoms with E-state index in [1.54, 1.807) is 0 Å². The van der Waals surface area contributed by atoms with E-state index in [1.807, 2.05) is 7.05 Å². The summed E-state index contributed by atoms with van der Waals surface area (Å²) in [6.07, 6.45) is 9.34. The number of nitrogens with one attached hydrogen (secondary N) is 2. The number of likely N-dealkylation sites (tertiary alicyclic amines) is 1. The van der Waals surface area contributed by atoms with Crippen LogP contribution < -0.4 is 10.6 Å². The molecule has 4 nitrogen and oxygen atoms in total. The van der Waals surface area contributed by atoms with E-state index in [2.05, 4.69) is 46.1 Å². The topological polar surface area (TPSA) is 39.7 Å². The average molecular weight is 468 g/mol. The summed E-state index contributed by atoms with van der Waals surface area (Å²) in [5.74, 6) is 2.27. The smallest absolute Gasteiger partial charge is 0.191 e. The molecule has 2 fully saturated rings. The van der Waals surface area contributed by atoms with E-state index in [0.717, 1.165) is 25.1 Å². The van der Waals surface area contributed by atoms with Crippen LogP contribution in [-0.4, -0.2) is 60.6 Å². The fraction of sp³-hybridized carbons (Fsp3) is 0.944. The van der Waals surface area contributed by atoms with Crippen LogP contribution in [0.4, 0.5) is 0 Å². The molecular formula is C18H37IN4S. The van der Waals surface area contributed by atoms with Gasteiger partial charge in [0, 0.05) is 30.9 Å². The van der Waals surface area contributed by atoms with Crippen LogP contribution in [0.3, 0.4) is 0 Å². The Hall–Kier alpha value is 0.310. The highest BCUT2D eigenvalue weighted by atomic mass is 127. The summed E-state index contributed by atoms with van der Waals surface area (Å²) in [7, 11) is 1.87. The lowest BCUT2D eigenvalue weighted by Gasteiger charge is -2.33. The molecule has 2 N–H and O–H groups in total. The standard InChI is InChI=1S/C18H36N4S.HI/c1-16-9-4-6-12-22(16)13-7-5-11-20-17(19-3)21-15-18(2)10-8-14-23-18;/h16H,4-15H2,1-3H3,(H2,19,20,21);1H. The third-order valence-electron chi connectivity index (χ3n) is 5.26. The first-order chi connectivity index (χ1) is 11.1. The van der Waals surface area contributed by atoms with Gasteiger partial charge in [-0.2, -0.15) is 11.8 Å². The van der Waals surface area contributed by atoms with E-state index < -0.39 is 0 Å². The highest BCUT2D eigenvalue weighted by Gasteiger charge is 2.29. The van der Waals surface area contributed by atoms with Gasteiger partial charge in [-0.15, -0.1) is 24.0 Å². The molecule has 142 valence electrons. The molecule has 2 aliphatic rings. The number of thioether (sulfide) groups is 1. The van der Waals surface area contributed by atoms with Gasteiger partial charge in [0.05, 0.1) is 0 Å². The molecule has 2 atom stereocenters. The van der Waals surface area contributed by atoms with E-state index in [1.165, 1.54) is 63.8 Å². The maximum atomic E-state index is 4.35. The van der Waals surface area contributed by atoms with Crippen molar-refractivity contribution in [1.82, 2.24) is 15.5 Å². The van der Waals surface area contributed by atoms with E-state index in [4.69, 9.17) is 0 Å². The molecule has 0 amide bonds. The van der Waals surface area contributed by atoms with Gasteiger partial charge in [0.1, 0.15) is 0 Å². The van der Waals surface area contributed by atoms with Gasteiger partial charge in [-0.25, -0.2) is 0 Å². The first-order valence-electron chi connectivity index (χ1n) is 9.45. The number of hydrogen-bond acceptors (Lipinski definition) is 3. The predicted molar refractivity (Wildman–Crippen MR) is 119 cm³/mol. The summed E-state index contributed by atoms with van der Waals surface area (Å²) in [5, 5.41) is 6.98. The van der Waals surface area contributed by atoms with E-state index in [-0.39, 0.29) is 24.0 Å². The molecule has 0 aliphatic carbocycles. The zero-order valence-electron chi connectivity index (χ0n) is 15.8. The van der Waals surface area contributed by atoms with Gasteiger partial charge in [0.25, 0.3) is 0 Å². The van der Waals surface area contributed by atoms with Gasteiger partial charge < -0.3 is 15.5 Å². The Labute approximate surface area is 170 Å². The molecule has 24 heavy (non-hydrogen) atoms. The molecule has 0 bridgehead atoms. The summed E-state index contributed by atoms with van der Waals surface area (Å²) in [5.41, 5.74) is 0. The lowest BCUT2D eigenvalue weighted by Crippen LogP contribution is -2.44. The third-order valence-corrected chi connectivity index (χ3v) is 6.80. The van der Waals surface area contributed by atoms with Crippen molar-refractivity contribution in [2.75, 3.05) is 39.0 Å². The molecule has 2 heterocycles. The van der Waals surface area contributed by atoms with Crippen LogP contribution in [0.1, 0.15) is 58.8 Å². The molecule has 2 unspecified atom stereocenters. The van der Waals surface area contributed by atoms with Gasteiger partial charge in [0.2, 0.25) is 0 Å². The summed E-state index contributed by atoms with van der Waals surface area (Å²) >= 11 is 2.09. The Morgan fingerprint density at radius 2 is 2.08 bits per heavy atom. The van der Waals surface area contributed by atoms with Crippen molar-refractivity contribution in [3.8, 4) is 0 Å². The quantitative estimate of drug-likeness (QED) is 0.259. The number of aliphatic imine (C=N–C) groups is 1. The van der Waals surface area contributed by atoms with Crippen LogP contribution in [0.5, 0.6) is 0 Å². The number of rotatable bonds is 7. The van der Waals surface area contributed by atoms with Gasteiger partial charge in [-0.1, -0.05) is 6.42 Å². The summed E-state index contributed by atoms with van der Waals surface area (Å²) in [4.78, 5) is 7.02. The molecule has 0 aromatic carbocycles. The summed E-state index contributed by atoms with van der Waals surface area (Å²) < 4.78 is 0.391. The van der Waals surface area contributed by atoms with Crippen molar-refractivity contribution in [2.24, 2.45) is 4.99 Å². The molecule has 0 saturated carbocycles. The molecule has 0 radical (unpaired) electrons. The fourth-order valence-electron chi connectivity index (χ4n) is 3.60. The van der Waals surface area contributed by atoms with Crippen molar-refractivity contribution in [3.05, 3.63) is 0 Å². The van der Waals surface area contributed by atoms with Crippen molar-refractivity contribution >= 4 is 41.7 Å². The monoisotopic (exact) mass is 468 g/mol. The molecular weight excluding hydrogens is 431 g/mol. The first kappa shape index (κ1) is 22.4.